The second-order valence-electron chi connectivity index (χ2n) is 4.19. The molecule has 1 unspecified atom stereocenters. The molecule has 1 saturated heterocycles. The summed E-state index contributed by atoms with van der Waals surface area (Å²) in [5, 5.41) is 3.29. The molecule has 1 fully saturated rings. The van der Waals surface area contributed by atoms with Gasteiger partial charge in [-0.3, -0.25) is 4.98 Å². The molecule has 0 bridgehead atoms. The summed E-state index contributed by atoms with van der Waals surface area (Å²) < 4.78 is 22.8. The Bertz CT molecular complexity index is 431. The van der Waals surface area contributed by atoms with Gasteiger partial charge in [0.05, 0.1) is 11.5 Å². The maximum atomic E-state index is 11.4. The molecule has 0 spiro atoms. The van der Waals surface area contributed by atoms with Crippen molar-refractivity contribution in [2.24, 2.45) is 0 Å². The van der Waals surface area contributed by atoms with Gasteiger partial charge in [0.15, 0.2) is 9.84 Å². The monoisotopic (exact) mass is 240 g/mol. The van der Waals surface area contributed by atoms with E-state index >= 15 is 0 Å². The zero-order valence-corrected chi connectivity index (χ0v) is 9.91. The average molecular weight is 240 g/mol. The lowest BCUT2D eigenvalue weighted by molar-refractivity contribution is 0.480. The van der Waals surface area contributed by atoms with E-state index < -0.39 is 9.84 Å². The van der Waals surface area contributed by atoms with Crippen LogP contribution in [0.2, 0.25) is 0 Å². The number of pyridine rings is 1. The number of nitrogens with one attached hydrogen (secondary N) is 1. The predicted octanol–water partition coefficient (Wildman–Crippen LogP) is 0.748. The lowest BCUT2D eigenvalue weighted by Crippen LogP contribution is -2.39. The molecule has 0 aromatic carbocycles. The van der Waals surface area contributed by atoms with Gasteiger partial charge in [0.2, 0.25) is 0 Å². The van der Waals surface area contributed by atoms with Crippen LogP contribution in [-0.4, -0.2) is 30.9 Å². The molecule has 1 atom stereocenters. The largest absolute Gasteiger partial charge is 0.309 e. The van der Waals surface area contributed by atoms with E-state index in [1.54, 1.807) is 12.4 Å². The minimum Gasteiger partial charge on any atom is -0.309 e. The van der Waals surface area contributed by atoms with Gasteiger partial charge in [-0.1, -0.05) is 0 Å². The topological polar surface area (TPSA) is 59.1 Å². The maximum absolute atomic E-state index is 11.4. The summed E-state index contributed by atoms with van der Waals surface area (Å²) in [6.45, 7) is 0.711. The fraction of sp³-hybridized carbons (Fsp3) is 0.545. The minimum atomic E-state index is -2.81. The van der Waals surface area contributed by atoms with Crippen LogP contribution in [0, 0.1) is 0 Å². The molecule has 1 N–H and O–H groups in total. The van der Waals surface area contributed by atoms with E-state index in [9.17, 15) is 8.42 Å². The third-order valence-corrected chi connectivity index (χ3v) is 4.63. The van der Waals surface area contributed by atoms with Gasteiger partial charge in [-0.05, 0) is 30.5 Å². The average Bonchev–Trinajstić information content (AvgIpc) is 2.27. The molecule has 2 heterocycles. The second-order valence-corrected chi connectivity index (χ2v) is 6.42. The van der Waals surface area contributed by atoms with Gasteiger partial charge >= 0.3 is 0 Å². The molecule has 1 aliphatic rings. The van der Waals surface area contributed by atoms with Crippen LogP contribution in [0.1, 0.15) is 18.4 Å². The van der Waals surface area contributed by atoms with Crippen molar-refractivity contribution in [3.05, 3.63) is 30.1 Å². The second kappa shape index (κ2) is 4.93. The van der Waals surface area contributed by atoms with E-state index in [4.69, 9.17) is 0 Å². The SMILES string of the molecule is O=S1(=O)CCCC(NCc2ccncc2)C1. The van der Waals surface area contributed by atoms with Crippen molar-refractivity contribution < 1.29 is 8.42 Å². The first-order valence-electron chi connectivity index (χ1n) is 5.48. The molecule has 1 aromatic heterocycles. The van der Waals surface area contributed by atoms with Crippen molar-refractivity contribution in [2.75, 3.05) is 11.5 Å². The van der Waals surface area contributed by atoms with E-state index in [1.807, 2.05) is 12.1 Å². The van der Waals surface area contributed by atoms with Crippen LogP contribution >= 0.6 is 0 Å². The lowest BCUT2D eigenvalue weighted by Gasteiger charge is -2.23. The molecule has 4 nitrogen and oxygen atoms in total. The fourth-order valence-electron chi connectivity index (χ4n) is 1.95. The Kier molecular flexibility index (Phi) is 3.56. The van der Waals surface area contributed by atoms with Gasteiger partial charge in [0.1, 0.15) is 0 Å². The Morgan fingerprint density at radius 3 is 2.81 bits per heavy atom. The van der Waals surface area contributed by atoms with Crippen LogP contribution in [0.25, 0.3) is 0 Å². The Hall–Kier alpha value is -0.940. The fourth-order valence-corrected chi connectivity index (χ4v) is 3.62. The van der Waals surface area contributed by atoms with Crippen molar-refractivity contribution in [2.45, 2.75) is 25.4 Å². The molecule has 0 radical (unpaired) electrons. The van der Waals surface area contributed by atoms with Crippen molar-refractivity contribution in [1.82, 2.24) is 10.3 Å². The van der Waals surface area contributed by atoms with E-state index in [2.05, 4.69) is 10.3 Å². The van der Waals surface area contributed by atoms with E-state index in [0.29, 0.717) is 12.3 Å². The molecule has 16 heavy (non-hydrogen) atoms. The standard InChI is InChI=1S/C11H16N2O2S/c14-16(15)7-1-2-11(9-16)13-8-10-3-5-12-6-4-10/h3-6,11,13H,1-2,7-9H2. The summed E-state index contributed by atoms with van der Waals surface area (Å²) in [5.41, 5.74) is 1.14. The first-order valence-corrected chi connectivity index (χ1v) is 7.30. The highest BCUT2D eigenvalue weighted by atomic mass is 32.2. The minimum absolute atomic E-state index is 0.104. The zero-order valence-electron chi connectivity index (χ0n) is 9.09. The molecule has 0 saturated carbocycles. The summed E-state index contributed by atoms with van der Waals surface area (Å²) in [4.78, 5) is 3.94. The molecule has 0 amide bonds. The molecule has 1 aromatic rings. The van der Waals surface area contributed by atoms with Crippen molar-refractivity contribution >= 4 is 9.84 Å². The lowest BCUT2D eigenvalue weighted by atomic mass is 10.1. The van der Waals surface area contributed by atoms with Crippen molar-refractivity contribution in [3.63, 3.8) is 0 Å². The Labute approximate surface area is 96.0 Å². The third-order valence-electron chi connectivity index (χ3n) is 2.81. The molecule has 2 rings (SSSR count). The number of sulfone groups is 1. The molecule has 5 heteroatoms. The third kappa shape index (κ3) is 3.28. The summed E-state index contributed by atoms with van der Waals surface area (Å²) >= 11 is 0. The van der Waals surface area contributed by atoms with E-state index in [0.717, 1.165) is 18.4 Å². The van der Waals surface area contributed by atoms with Gasteiger partial charge in [0, 0.05) is 25.0 Å². The van der Waals surface area contributed by atoms with Crippen LogP contribution in [0.3, 0.4) is 0 Å². The van der Waals surface area contributed by atoms with Crippen LogP contribution in [0.4, 0.5) is 0 Å². The van der Waals surface area contributed by atoms with Crippen LogP contribution in [0.5, 0.6) is 0 Å². The summed E-state index contributed by atoms with van der Waals surface area (Å²) in [7, 11) is -2.81. The number of nitrogens with zero attached hydrogens (tertiary/aromatic N) is 1. The number of rotatable bonds is 3. The first-order chi connectivity index (χ1) is 7.66. The van der Waals surface area contributed by atoms with Gasteiger partial charge in [-0.25, -0.2) is 8.42 Å². The predicted molar refractivity (Wildman–Crippen MR) is 62.8 cm³/mol. The summed E-state index contributed by atoms with van der Waals surface area (Å²) in [5.74, 6) is 0.624. The first kappa shape index (κ1) is 11.5. The van der Waals surface area contributed by atoms with Gasteiger partial charge in [0.25, 0.3) is 0 Å². The highest BCUT2D eigenvalue weighted by Crippen LogP contribution is 2.12. The highest BCUT2D eigenvalue weighted by molar-refractivity contribution is 7.91. The number of hydrogen-bond acceptors (Lipinski definition) is 4. The molecular weight excluding hydrogens is 224 g/mol. The summed E-state index contributed by atoms with van der Waals surface area (Å²) in [6.07, 6.45) is 5.21. The quantitative estimate of drug-likeness (QED) is 0.847. The zero-order chi connectivity index (χ0) is 11.4. The Morgan fingerprint density at radius 2 is 2.12 bits per heavy atom. The number of hydrogen-bond donors (Lipinski definition) is 1. The van der Waals surface area contributed by atoms with Gasteiger partial charge < -0.3 is 5.32 Å². The maximum Gasteiger partial charge on any atom is 0.151 e. The van der Waals surface area contributed by atoms with Gasteiger partial charge in [-0.2, -0.15) is 0 Å². The Morgan fingerprint density at radius 1 is 1.38 bits per heavy atom. The molecule has 1 aliphatic heterocycles. The van der Waals surface area contributed by atoms with E-state index in [1.165, 1.54) is 0 Å². The summed E-state index contributed by atoms with van der Waals surface area (Å²) in [6, 6.07) is 3.97. The molecular formula is C11H16N2O2S. The van der Waals surface area contributed by atoms with Crippen LogP contribution in [-0.2, 0) is 16.4 Å². The molecule has 88 valence electrons. The smallest absolute Gasteiger partial charge is 0.151 e. The normalized spacial score (nSPS) is 24.1. The molecule has 0 aliphatic carbocycles. The van der Waals surface area contributed by atoms with Crippen LogP contribution in [0.15, 0.2) is 24.5 Å². The van der Waals surface area contributed by atoms with E-state index in [-0.39, 0.29) is 11.8 Å². The highest BCUT2D eigenvalue weighted by Gasteiger charge is 2.23. The van der Waals surface area contributed by atoms with Gasteiger partial charge in [-0.15, -0.1) is 0 Å². The number of aromatic nitrogens is 1. The van der Waals surface area contributed by atoms with Crippen molar-refractivity contribution in [1.29, 1.82) is 0 Å². The van der Waals surface area contributed by atoms with Crippen LogP contribution < -0.4 is 5.32 Å². The van der Waals surface area contributed by atoms with Crippen molar-refractivity contribution in [3.8, 4) is 0 Å². The Balaban J connectivity index is 1.87.